The summed E-state index contributed by atoms with van der Waals surface area (Å²) in [6.45, 7) is 6.29. The Hall–Kier alpha value is -6.99. The number of hydrogen-bond acceptors (Lipinski definition) is 16. The maximum atomic E-state index is 13.4. The molecule has 4 aromatic rings. The molecule has 8 rings (SSSR count). The minimum Gasteiger partial charge on any atom is -0.495 e. The molecule has 6 heterocycles. The van der Waals surface area contributed by atoms with Gasteiger partial charge in [0.25, 0.3) is 11.8 Å². The molecule has 356 valence electrons. The molecule has 0 radical (unpaired) electrons. The summed E-state index contributed by atoms with van der Waals surface area (Å²) in [5, 5.41) is 24.0. The van der Waals surface area contributed by atoms with E-state index in [2.05, 4.69) is 42.5 Å². The molecule has 2 unspecified atom stereocenters. The Morgan fingerprint density at radius 1 is 1.03 bits per heavy atom. The summed E-state index contributed by atoms with van der Waals surface area (Å²) in [6.07, 6.45) is 4.17. The minimum absolute atomic E-state index is 0.00462. The van der Waals surface area contributed by atoms with Crippen LogP contribution in [0.3, 0.4) is 0 Å². The number of thiophene rings is 1. The third-order valence-electron chi connectivity index (χ3n) is 12.6. The molecular weight excluding hydrogens is 893 g/mol. The number of piperidine rings is 2. The number of benzene rings is 2. The van der Waals surface area contributed by atoms with Crippen molar-refractivity contribution in [2.24, 2.45) is 0 Å². The van der Waals surface area contributed by atoms with E-state index in [9.17, 15) is 34.0 Å². The number of aromatic nitrogens is 2. The first-order valence-electron chi connectivity index (χ1n) is 22.7. The molecule has 0 aliphatic carbocycles. The van der Waals surface area contributed by atoms with Gasteiger partial charge in [0, 0.05) is 79.5 Å². The number of nitriles is 1. The van der Waals surface area contributed by atoms with Crippen molar-refractivity contribution in [3.63, 3.8) is 0 Å². The van der Waals surface area contributed by atoms with Gasteiger partial charge < -0.3 is 50.3 Å². The van der Waals surface area contributed by atoms with Crippen LogP contribution in [0.1, 0.15) is 75.1 Å². The summed E-state index contributed by atoms with van der Waals surface area (Å²) >= 11 is 1.38. The van der Waals surface area contributed by atoms with Crippen LogP contribution in [0, 0.1) is 11.3 Å². The zero-order chi connectivity index (χ0) is 47.9. The van der Waals surface area contributed by atoms with Crippen molar-refractivity contribution in [3.8, 4) is 11.8 Å². The van der Waals surface area contributed by atoms with Crippen LogP contribution in [0.5, 0.6) is 5.75 Å². The van der Waals surface area contributed by atoms with Gasteiger partial charge in [-0.1, -0.05) is 13.0 Å². The number of likely N-dealkylation sites (N-methyl/N-ethyl adjacent to an activating group) is 1. The second kappa shape index (κ2) is 21.3. The van der Waals surface area contributed by atoms with E-state index in [0.717, 1.165) is 37.4 Å². The van der Waals surface area contributed by atoms with E-state index in [1.165, 1.54) is 23.3 Å². The molecule has 0 saturated carbocycles. The van der Waals surface area contributed by atoms with Crippen LogP contribution in [0.4, 0.5) is 28.8 Å². The van der Waals surface area contributed by atoms with Gasteiger partial charge in [-0.15, -0.1) is 11.3 Å². The number of methoxy groups -OCH3 is 1. The molecule has 2 aromatic carbocycles. The molecule has 21 heteroatoms. The Morgan fingerprint density at radius 2 is 1.85 bits per heavy atom. The number of fused-ring (bicyclic) bond motifs is 2. The fraction of sp³-hybridized carbons (Fsp3) is 0.426. The summed E-state index contributed by atoms with van der Waals surface area (Å²) < 4.78 is 11.5. The fourth-order valence-electron chi connectivity index (χ4n) is 8.93. The molecule has 5 N–H and O–H groups in total. The molecule has 2 saturated heterocycles. The Kier molecular flexibility index (Phi) is 14.9. The quantitative estimate of drug-likeness (QED) is 0.0711. The summed E-state index contributed by atoms with van der Waals surface area (Å²) in [4.78, 5) is 94.8. The highest BCUT2D eigenvalue weighted by molar-refractivity contribution is 7.12. The number of hydrogen-bond donors (Lipinski definition) is 5. The molecule has 0 spiro atoms. The van der Waals surface area contributed by atoms with Gasteiger partial charge in [0.2, 0.25) is 29.6 Å². The first-order valence-corrected chi connectivity index (χ1v) is 23.5. The largest absolute Gasteiger partial charge is 0.495 e. The van der Waals surface area contributed by atoms with Crippen molar-refractivity contribution in [2.45, 2.75) is 70.2 Å². The zero-order valence-electron chi connectivity index (χ0n) is 38.1. The average molecular weight is 947 g/mol. The number of rotatable bonds is 18. The lowest BCUT2D eigenvalue weighted by Crippen LogP contribution is -2.52. The number of carbonyl (C=O) groups is 6. The van der Waals surface area contributed by atoms with Crippen LogP contribution >= 0.6 is 11.3 Å². The van der Waals surface area contributed by atoms with Crippen LogP contribution in [-0.4, -0.2) is 133 Å². The third kappa shape index (κ3) is 10.6. The van der Waals surface area contributed by atoms with Crippen LogP contribution in [0.2, 0.25) is 0 Å². The molecule has 0 bridgehead atoms. The monoisotopic (exact) mass is 946 g/mol. The van der Waals surface area contributed by atoms with Gasteiger partial charge in [0.15, 0.2) is 5.82 Å². The smallest absolute Gasteiger partial charge is 0.255 e. The van der Waals surface area contributed by atoms with E-state index >= 15 is 0 Å². The van der Waals surface area contributed by atoms with Crippen molar-refractivity contribution in [3.05, 3.63) is 81.2 Å². The number of carbonyl (C=O) groups excluding carboxylic acids is 6. The first-order chi connectivity index (χ1) is 32.9. The van der Waals surface area contributed by atoms with Crippen molar-refractivity contribution >= 4 is 75.6 Å². The molecule has 2 fully saturated rings. The Balaban J connectivity index is 0.745. The highest BCUT2D eigenvalue weighted by Crippen LogP contribution is 2.38. The van der Waals surface area contributed by atoms with Crippen LogP contribution < -0.4 is 41.1 Å². The standard InChI is InChI=1S/C47H54N12O8S/c1-4-36-46(65)56(2)38-24-50-47(55-42(38)58(36)26-31-10-9-30(23-48)68-31)53-35-11-8-28(22-39(35)66-3)43(62)51-29-14-17-57(18-15-29)19-21-67-20-16-49-25-41(61)52-34-7-5-6-32-33(34)27-59(45(32)64)37-12-13-40(60)54-44(37)63/h5-11,22,24,29,36-37,49H,4,12-21,25-27H2,1-3H3,(H,51,62)(H,52,61)(H,50,53,55)(H,54,60,63). The van der Waals surface area contributed by atoms with E-state index in [1.54, 1.807) is 60.6 Å². The maximum absolute atomic E-state index is 13.4. The Morgan fingerprint density at radius 3 is 2.60 bits per heavy atom. The topological polar surface area (TPSA) is 244 Å². The summed E-state index contributed by atoms with van der Waals surface area (Å²) in [7, 11) is 3.24. The van der Waals surface area contributed by atoms with Crippen molar-refractivity contribution < 1.29 is 38.2 Å². The number of anilines is 5. The SMILES string of the molecule is CCC1C(=O)N(C)c2cnc(Nc3ccc(C(=O)NC4CCN(CCOCCNCC(=O)Nc5cccc6c5CN(C5CCC(=O)NC5=O)C6=O)CC4)cc3OC)nc2N1Cc1ccc(C#N)s1. The van der Waals surface area contributed by atoms with Crippen molar-refractivity contribution in [2.75, 3.05) is 80.5 Å². The molecule has 6 amide bonds. The Labute approximate surface area is 397 Å². The van der Waals surface area contributed by atoms with Gasteiger partial charge in [-0.3, -0.25) is 34.1 Å². The minimum atomic E-state index is -0.735. The maximum Gasteiger partial charge on any atom is 0.255 e. The molecule has 4 aliphatic heterocycles. The highest BCUT2D eigenvalue weighted by atomic mass is 32.1. The lowest BCUT2D eigenvalue weighted by atomic mass is 10.0. The number of nitrogens with one attached hydrogen (secondary N) is 5. The number of imide groups is 1. The van der Waals surface area contributed by atoms with Crippen molar-refractivity contribution in [1.82, 2.24) is 35.7 Å². The summed E-state index contributed by atoms with van der Waals surface area (Å²) in [5.74, 6) is -0.374. The summed E-state index contributed by atoms with van der Waals surface area (Å²) in [5.41, 5.74) is 3.16. The highest BCUT2D eigenvalue weighted by Gasteiger charge is 2.40. The molecule has 4 aliphatic rings. The van der Waals surface area contributed by atoms with Gasteiger partial charge in [-0.2, -0.15) is 10.2 Å². The normalized spacial score (nSPS) is 18.5. The van der Waals surface area contributed by atoms with Gasteiger partial charge >= 0.3 is 0 Å². The van der Waals surface area contributed by atoms with Crippen LogP contribution in [0.25, 0.3) is 0 Å². The number of likely N-dealkylation sites (tertiary alicyclic amines) is 1. The molecular formula is C47H54N12O8S. The second-order valence-electron chi connectivity index (χ2n) is 16.9. The third-order valence-corrected chi connectivity index (χ3v) is 13.6. The zero-order valence-corrected chi connectivity index (χ0v) is 38.9. The van der Waals surface area contributed by atoms with E-state index in [4.69, 9.17) is 14.5 Å². The summed E-state index contributed by atoms with van der Waals surface area (Å²) in [6, 6.07) is 14.9. The van der Waals surface area contributed by atoms with Crippen LogP contribution in [-0.2, 0) is 37.0 Å². The number of amides is 6. The van der Waals surface area contributed by atoms with E-state index in [-0.39, 0.29) is 67.5 Å². The van der Waals surface area contributed by atoms with Gasteiger partial charge in [0.1, 0.15) is 34.5 Å². The average Bonchev–Trinajstić information content (AvgIpc) is 3.94. The first kappa shape index (κ1) is 47.5. The second-order valence-corrected chi connectivity index (χ2v) is 18.1. The van der Waals surface area contributed by atoms with Gasteiger partial charge in [-0.05, 0) is 68.1 Å². The van der Waals surface area contributed by atoms with E-state index < -0.39 is 18.0 Å². The lowest BCUT2D eigenvalue weighted by molar-refractivity contribution is -0.137. The number of nitrogens with zero attached hydrogens (tertiary/aromatic N) is 7. The lowest BCUT2D eigenvalue weighted by Gasteiger charge is -2.40. The van der Waals surface area contributed by atoms with Crippen molar-refractivity contribution in [1.29, 1.82) is 5.26 Å². The van der Waals surface area contributed by atoms with E-state index in [0.29, 0.717) is 82.9 Å². The molecule has 20 nitrogen and oxygen atoms in total. The number of ether oxygens (including phenoxy) is 2. The van der Waals surface area contributed by atoms with Crippen LogP contribution in [0.15, 0.2) is 54.7 Å². The Bertz CT molecular complexity index is 2630. The van der Waals surface area contributed by atoms with Gasteiger partial charge in [-0.25, -0.2) is 4.98 Å². The molecule has 2 aromatic heterocycles. The fourth-order valence-corrected chi connectivity index (χ4v) is 9.74. The van der Waals surface area contributed by atoms with E-state index in [1.807, 2.05) is 17.9 Å². The predicted octanol–water partition coefficient (Wildman–Crippen LogP) is 3.12. The molecule has 2 atom stereocenters. The predicted molar refractivity (Wildman–Crippen MR) is 253 cm³/mol. The van der Waals surface area contributed by atoms with Gasteiger partial charge in [0.05, 0.1) is 45.3 Å². The molecule has 68 heavy (non-hydrogen) atoms.